The summed E-state index contributed by atoms with van der Waals surface area (Å²) in [6.07, 6.45) is 2.72. The molecule has 4 rings (SSSR count). The average molecular weight is 402 g/mol. The van der Waals surface area contributed by atoms with Gasteiger partial charge in [0.05, 0.1) is 16.8 Å². The molecule has 0 aliphatic carbocycles. The van der Waals surface area contributed by atoms with Crippen LogP contribution in [0, 0.1) is 0 Å². The molecule has 0 aliphatic rings. The number of ether oxygens (including phenoxy) is 1. The van der Waals surface area contributed by atoms with Gasteiger partial charge in [0.2, 0.25) is 0 Å². The van der Waals surface area contributed by atoms with E-state index in [1.807, 2.05) is 57.2 Å². The minimum atomic E-state index is -0.685. The molecule has 152 valence electrons. The van der Waals surface area contributed by atoms with Gasteiger partial charge in [-0.25, -0.2) is 9.78 Å². The van der Waals surface area contributed by atoms with Crippen molar-refractivity contribution < 1.29 is 14.1 Å². The number of hydrogen-bond acceptors (Lipinski definition) is 7. The second-order valence-electron chi connectivity index (χ2n) is 8.07. The standard InChI is InChI=1S/C23H22N4O3/c1-14(20-26-22(27-30-20)23(2,3)4)29-21(28)17-12-19(15-8-7-11-24-13-15)25-18-10-6-5-9-16(17)18/h5-14H,1-4H3/t14-/m1/s1. The Labute approximate surface area is 174 Å². The Bertz CT molecular complexity index is 1200. The van der Waals surface area contributed by atoms with Gasteiger partial charge in [-0.2, -0.15) is 4.98 Å². The molecule has 7 heteroatoms. The van der Waals surface area contributed by atoms with E-state index in [2.05, 4.69) is 20.1 Å². The molecule has 30 heavy (non-hydrogen) atoms. The molecule has 0 unspecified atom stereocenters. The van der Waals surface area contributed by atoms with E-state index >= 15 is 0 Å². The molecule has 0 bridgehead atoms. The molecule has 0 amide bonds. The minimum absolute atomic E-state index is 0.259. The number of fused-ring (bicyclic) bond motifs is 1. The zero-order valence-electron chi connectivity index (χ0n) is 17.3. The molecule has 1 atom stereocenters. The first-order chi connectivity index (χ1) is 14.3. The maximum absolute atomic E-state index is 13.1. The summed E-state index contributed by atoms with van der Waals surface area (Å²) in [5, 5.41) is 4.71. The van der Waals surface area contributed by atoms with Gasteiger partial charge in [-0.1, -0.05) is 44.1 Å². The largest absolute Gasteiger partial charge is 0.449 e. The van der Waals surface area contributed by atoms with Crippen LogP contribution in [0.1, 0.15) is 55.9 Å². The molecule has 4 aromatic rings. The predicted octanol–water partition coefficient (Wildman–Crippen LogP) is 4.90. The van der Waals surface area contributed by atoms with Crippen LogP contribution in [0.2, 0.25) is 0 Å². The molecular formula is C23H22N4O3. The Balaban J connectivity index is 1.68. The fourth-order valence-corrected chi connectivity index (χ4v) is 2.99. The van der Waals surface area contributed by atoms with Gasteiger partial charge in [0, 0.05) is 28.8 Å². The second kappa shape index (κ2) is 7.67. The molecular weight excluding hydrogens is 380 g/mol. The Morgan fingerprint density at radius 2 is 1.90 bits per heavy atom. The minimum Gasteiger partial charge on any atom is -0.449 e. The van der Waals surface area contributed by atoms with E-state index in [0.717, 1.165) is 5.56 Å². The topological polar surface area (TPSA) is 91.0 Å². The van der Waals surface area contributed by atoms with Gasteiger partial charge in [-0.05, 0) is 31.2 Å². The first kappa shape index (κ1) is 19.7. The molecule has 0 radical (unpaired) electrons. The van der Waals surface area contributed by atoms with Crippen LogP contribution < -0.4 is 0 Å². The number of carbonyl (C=O) groups is 1. The van der Waals surface area contributed by atoms with Crippen molar-refractivity contribution in [2.75, 3.05) is 0 Å². The lowest BCUT2D eigenvalue weighted by Crippen LogP contribution is -2.14. The van der Waals surface area contributed by atoms with E-state index in [1.54, 1.807) is 25.4 Å². The third-order valence-corrected chi connectivity index (χ3v) is 4.64. The lowest BCUT2D eigenvalue weighted by atomic mass is 9.96. The van der Waals surface area contributed by atoms with E-state index in [0.29, 0.717) is 28.0 Å². The summed E-state index contributed by atoms with van der Waals surface area (Å²) < 4.78 is 11.0. The van der Waals surface area contributed by atoms with Crippen molar-refractivity contribution in [1.29, 1.82) is 0 Å². The van der Waals surface area contributed by atoms with E-state index in [9.17, 15) is 4.79 Å². The number of hydrogen-bond donors (Lipinski definition) is 0. The Kier molecular flexibility index (Phi) is 5.03. The highest BCUT2D eigenvalue weighted by molar-refractivity contribution is 6.04. The zero-order chi connectivity index (χ0) is 21.3. The monoisotopic (exact) mass is 402 g/mol. The average Bonchev–Trinajstić information content (AvgIpc) is 3.24. The number of esters is 1. The summed E-state index contributed by atoms with van der Waals surface area (Å²) in [6, 6.07) is 12.9. The van der Waals surface area contributed by atoms with E-state index in [4.69, 9.17) is 9.26 Å². The molecule has 3 heterocycles. The molecule has 0 saturated carbocycles. The number of carbonyl (C=O) groups excluding carboxylic acids is 1. The van der Waals surface area contributed by atoms with Crippen LogP contribution in [0.5, 0.6) is 0 Å². The van der Waals surface area contributed by atoms with Crippen LogP contribution in [-0.4, -0.2) is 26.1 Å². The van der Waals surface area contributed by atoms with Gasteiger partial charge >= 0.3 is 5.97 Å². The van der Waals surface area contributed by atoms with Gasteiger partial charge in [-0.15, -0.1) is 0 Å². The maximum atomic E-state index is 13.1. The van der Waals surface area contributed by atoms with Crippen LogP contribution >= 0.6 is 0 Å². The predicted molar refractivity (Wildman–Crippen MR) is 112 cm³/mol. The lowest BCUT2D eigenvalue weighted by Gasteiger charge is -2.13. The number of rotatable bonds is 4. The van der Waals surface area contributed by atoms with E-state index in [-0.39, 0.29) is 11.3 Å². The van der Waals surface area contributed by atoms with Crippen molar-refractivity contribution in [3.8, 4) is 11.3 Å². The van der Waals surface area contributed by atoms with Crippen molar-refractivity contribution in [3.05, 3.63) is 72.1 Å². The smallest absolute Gasteiger partial charge is 0.339 e. The lowest BCUT2D eigenvalue weighted by molar-refractivity contribution is 0.0267. The van der Waals surface area contributed by atoms with Crippen molar-refractivity contribution in [1.82, 2.24) is 20.1 Å². The van der Waals surface area contributed by atoms with Crippen molar-refractivity contribution in [2.45, 2.75) is 39.2 Å². The molecule has 1 aromatic carbocycles. The van der Waals surface area contributed by atoms with Gasteiger partial charge in [0.15, 0.2) is 11.9 Å². The highest BCUT2D eigenvalue weighted by atomic mass is 16.6. The number of pyridine rings is 2. The van der Waals surface area contributed by atoms with Crippen LogP contribution in [0.15, 0.2) is 59.4 Å². The molecule has 0 saturated heterocycles. The molecule has 7 nitrogen and oxygen atoms in total. The number of nitrogens with zero attached hydrogens (tertiary/aromatic N) is 4. The molecule has 3 aromatic heterocycles. The molecule has 0 fully saturated rings. The third kappa shape index (κ3) is 3.91. The SMILES string of the molecule is C[C@@H](OC(=O)c1cc(-c2cccnc2)nc2ccccc12)c1nc(C(C)(C)C)no1. The summed E-state index contributed by atoms with van der Waals surface area (Å²) in [7, 11) is 0. The normalized spacial score (nSPS) is 12.7. The van der Waals surface area contributed by atoms with E-state index < -0.39 is 12.1 Å². The Morgan fingerprint density at radius 3 is 2.60 bits per heavy atom. The summed E-state index contributed by atoms with van der Waals surface area (Å²) in [5.41, 5.74) is 2.32. The molecule has 0 spiro atoms. The second-order valence-corrected chi connectivity index (χ2v) is 8.07. The van der Waals surface area contributed by atoms with Crippen LogP contribution in [0.25, 0.3) is 22.2 Å². The van der Waals surface area contributed by atoms with Crippen LogP contribution in [0.4, 0.5) is 0 Å². The number of benzene rings is 1. The first-order valence-corrected chi connectivity index (χ1v) is 9.68. The number of para-hydroxylation sites is 1. The summed E-state index contributed by atoms with van der Waals surface area (Å²) in [4.78, 5) is 26.3. The van der Waals surface area contributed by atoms with E-state index in [1.165, 1.54) is 0 Å². The summed E-state index contributed by atoms with van der Waals surface area (Å²) in [6.45, 7) is 7.67. The quantitative estimate of drug-likeness (QED) is 0.449. The van der Waals surface area contributed by atoms with Gasteiger partial charge < -0.3 is 9.26 Å². The number of aromatic nitrogens is 4. The Morgan fingerprint density at radius 1 is 1.10 bits per heavy atom. The van der Waals surface area contributed by atoms with Crippen molar-refractivity contribution >= 4 is 16.9 Å². The molecule has 0 N–H and O–H groups in total. The van der Waals surface area contributed by atoms with Crippen molar-refractivity contribution in [3.63, 3.8) is 0 Å². The summed E-state index contributed by atoms with van der Waals surface area (Å²) in [5.74, 6) is 0.342. The van der Waals surface area contributed by atoms with Gasteiger partial charge in [0.25, 0.3) is 5.89 Å². The highest BCUT2D eigenvalue weighted by Gasteiger charge is 2.26. The Hall–Kier alpha value is -3.61. The van der Waals surface area contributed by atoms with Crippen LogP contribution in [0.3, 0.4) is 0 Å². The molecule has 0 aliphatic heterocycles. The zero-order valence-corrected chi connectivity index (χ0v) is 17.3. The van der Waals surface area contributed by atoms with Gasteiger partial charge in [-0.3, -0.25) is 4.98 Å². The first-order valence-electron chi connectivity index (χ1n) is 9.68. The fourth-order valence-electron chi connectivity index (χ4n) is 2.99. The van der Waals surface area contributed by atoms with Crippen molar-refractivity contribution in [2.24, 2.45) is 0 Å². The third-order valence-electron chi connectivity index (χ3n) is 4.64. The fraction of sp³-hybridized carbons (Fsp3) is 0.261. The highest BCUT2D eigenvalue weighted by Crippen LogP contribution is 2.27. The van der Waals surface area contributed by atoms with Crippen LogP contribution in [-0.2, 0) is 10.2 Å². The van der Waals surface area contributed by atoms with Gasteiger partial charge in [0.1, 0.15) is 0 Å². The maximum Gasteiger partial charge on any atom is 0.339 e. The summed E-state index contributed by atoms with van der Waals surface area (Å²) >= 11 is 0.